The number of aldehydes is 1. The zero-order valence-electron chi connectivity index (χ0n) is 11.7. The molecule has 3 nitrogen and oxygen atoms in total. The van der Waals surface area contributed by atoms with Gasteiger partial charge in [-0.25, -0.2) is 0 Å². The molecule has 0 spiro atoms. The molecule has 0 amide bonds. The Morgan fingerprint density at radius 3 is 2.50 bits per heavy atom. The van der Waals surface area contributed by atoms with E-state index in [-0.39, 0.29) is 0 Å². The molecule has 2 aromatic rings. The van der Waals surface area contributed by atoms with Crippen LogP contribution in [0.4, 0.5) is 0 Å². The van der Waals surface area contributed by atoms with Gasteiger partial charge in [-0.05, 0) is 35.9 Å². The lowest BCUT2D eigenvalue weighted by Crippen LogP contribution is -2.17. The van der Waals surface area contributed by atoms with Gasteiger partial charge in [0.2, 0.25) is 0 Å². The van der Waals surface area contributed by atoms with Crippen LogP contribution < -0.4 is 9.47 Å². The van der Waals surface area contributed by atoms with Crippen molar-refractivity contribution in [2.24, 2.45) is 0 Å². The minimum atomic E-state index is -0.551. The second-order valence-electron chi connectivity index (χ2n) is 4.80. The fourth-order valence-electron chi connectivity index (χ4n) is 2.38. The normalized spacial score (nSPS) is 16.8. The molecule has 3 rings (SSSR count). The highest BCUT2D eigenvalue weighted by atomic mass is 35.5. The lowest BCUT2D eigenvalue weighted by molar-refractivity contribution is -0.105. The Hall–Kier alpha value is -1.97. The highest BCUT2D eigenvalue weighted by Crippen LogP contribution is 2.44. The fraction of sp³-hybridized carbons (Fsp3) is 0.118. The minimum Gasteiger partial charge on any atom is -0.497 e. The van der Waals surface area contributed by atoms with Gasteiger partial charge in [0.25, 0.3) is 0 Å². The van der Waals surface area contributed by atoms with Crippen LogP contribution in [0, 0.1) is 0 Å². The SMILES string of the molecule is COc1ccc(C2Oc3ccc(Cl)cc3C(Cl)=C2C=O)cc1. The van der Waals surface area contributed by atoms with Crippen LogP contribution in [0.3, 0.4) is 0 Å². The number of methoxy groups -OCH3 is 1. The summed E-state index contributed by atoms with van der Waals surface area (Å²) in [4.78, 5) is 11.5. The zero-order chi connectivity index (χ0) is 15.7. The third kappa shape index (κ3) is 2.58. The van der Waals surface area contributed by atoms with Crippen molar-refractivity contribution in [1.29, 1.82) is 0 Å². The molecule has 0 N–H and O–H groups in total. The summed E-state index contributed by atoms with van der Waals surface area (Å²) in [5.41, 5.74) is 1.82. The van der Waals surface area contributed by atoms with Crippen LogP contribution in [-0.2, 0) is 4.79 Å². The van der Waals surface area contributed by atoms with E-state index in [1.165, 1.54) is 0 Å². The van der Waals surface area contributed by atoms with E-state index >= 15 is 0 Å². The third-order valence-corrected chi connectivity index (χ3v) is 4.16. The predicted octanol–water partition coefficient (Wildman–Crippen LogP) is 4.63. The Morgan fingerprint density at radius 2 is 1.86 bits per heavy atom. The maximum Gasteiger partial charge on any atom is 0.153 e. The topological polar surface area (TPSA) is 35.5 Å². The fourth-order valence-corrected chi connectivity index (χ4v) is 2.84. The summed E-state index contributed by atoms with van der Waals surface area (Å²) in [6, 6.07) is 12.5. The van der Waals surface area contributed by atoms with Gasteiger partial charge in [-0.1, -0.05) is 35.3 Å². The van der Waals surface area contributed by atoms with Gasteiger partial charge in [0.15, 0.2) is 12.4 Å². The maximum absolute atomic E-state index is 11.5. The van der Waals surface area contributed by atoms with Gasteiger partial charge in [-0.15, -0.1) is 0 Å². The van der Waals surface area contributed by atoms with E-state index in [0.717, 1.165) is 17.6 Å². The molecule has 1 atom stereocenters. The van der Waals surface area contributed by atoms with Crippen molar-refractivity contribution in [3.05, 3.63) is 64.2 Å². The Kier molecular flexibility index (Phi) is 4.10. The first kappa shape index (κ1) is 14.9. The molecular formula is C17H12Cl2O3. The van der Waals surface area contributed by atoms with E-state index in [1.54, 1.807) is 25.3 Å². The molecule has 1 aliphatic heterocycles. The lowest BCUT2D eigenvalue weighted by Gasteiger charge is -2.27. The summed E-state index contributed by atoms with van der Waals surface area (Å²) >= 11 is 12.4. The van der Waals surface area contributed by atoms with E-state index < -0.39 is 6.10 Å². The van der Waals surface area contributed by atoms with E-state index in [0.29, 0.717) is 26.9 Å². The molecule has 2 aromatic carbocycles. The first-order valence-corrected chi connectivity index (χ1v) is 7.35. The summed E-state index contributed by atoms with van der Waals surface area (Å²) in [7, 11) is 1.60. The first-order valence-electron chi connectivity index (χ1n) is 6.59. The van der Waals surface area contributed by atoms with Crippen molar-refractivity contribution in [3.63, 3.8) is 0 Å². The lowest BCUT2D eigenvalue weighted by atomic mass is 9.96. The summed E-state index contributed by atoms with van der Waals surface area (Å²) in [5, 5.41) is 0.896. The Bertz CT molecular complexity index is 751. The number of ether oxygens (including phenoxy) is 2. The van der Waals surface area contributed by atoms with Crippen molar-refractivity contribution in [3.8, 4) is 11.5 Å². The number of hydrogen-bond acceptors (Lipinski definition) is 3. The van der Waals surface area contributed by atoms with Crippen LogP contribution in [0.15, 0.2) is 48.0 Å². The average molecular weight is 335 g/mol. The van der Waals surface area contributed by atoms with Crippen LogP contribution >= 0.6 is 23.2 Å². The van der Waals surface area contributed by atoms with Gasteiger partial charge in [-0.3, -0.25) is 4.79 Å². The van der Waals surface area contributed by atoms with E-state index in [4.69, 9.17) is 32.7 Å². The highest BCUT2D eigenvalue weighted by Gasteiger charge is 2.29. The van der Waals surface area contributed by atoms with Crippen molar-refractivity contribution in [2.45, 2.75) is 6.10 Å². The van der Waals surface area contributed by atoms with Gasteiger partial charge in [0.05, 0.1) is 17.7 Å². The number of hydrogen-bond donors (Lipinski definition) is 0. The number of carbonyl (C=O) groups excluding carboxylic acids is 1. The largest absolute Gasteiger partial charge is 0.497 e. The van der Waals surface area contributed by atoms with Crippen LogP contribution in [0.2, 0.25) is 5.02 Å². The molecule has 0 aromatic heterocycles. The van der Waals surface area contributed by atoms with Crippen LogP contribution in [0.5, 0.6) is 11.5 Å². The quantitative estimate of drug-likeness (QED) is 0.767. The van der Waals surface area contributed by atoms with Gasteiger partial charge in [-0.2, -0.15) is 0 Å². The van der Waals surface area contributed by atoms with Crippen LogP contribution in [-0.4, -0.2) is 13.4 Å². The molecule has 1 heterocycles. The second kappa shape index (κ2) is 6.03. The Labute approximate surface area is 138 Å². The number of halogens is 2. The van der Waals surface area contributed by atoms with Gasteiger partial charge in [0, 0.05) is 10.6 Å². The molecule has 1 aliphatic rings. The van der Waals surface area contributed by atoms with Crippen molar-refractivity contribution < 1.29 is 14.3 Å². The van der Waals surface area contributed by atoms with Crippen LogP contribution in [0.1, 0.15) is 17.2 Å². The highest BCUT2D eigenvalue weighted by molar-refractivity contribution is 6.51. The molecule has 0 bridgehead atoms. The average Bonchev–Trinajstić information content (AvgIpc) is 2.55. The minimum absolute atomic E-state index is 0.361. The van der Waals surface area contributed by atoms with E-state index in [9.17, 15) is 4.79 Å². The van der Waals surface area contributed by atoms with E-state index in [1.807, 2.05) is 24.3 Å². The molecule has 0 saturated heterocycles. The smallest absolute Gasteiger partial charge is 0.153 e. The first-order chi connectivity index (χ1) is 10.6. The number of fused-ring (bicyclic) bond motifs is 1. The molecule has 0 fully saturated rings. The second-order valence-corrected chi connectivity index (χ2v) is 5.61. The maximum atomic E-state index is 11.5. The summed E-state index contributed by atoms with van der Waals surface area (Å²) < 4.78 is 11.1. The summed E-state index contributed by atoms with van der Waals surface area (Å²) in [6.07, 6.45) is 0.172. The Balaban J connectivity index is 2.08. The van der Waals surface area contributed by atoms with Crippen molar-refractivity contribution in [1.82, 2.24) is 0 Å². The molecular weight excluding hydrogens is 323 g/mol. The molecule has 0 aliphatic carbocycles. The third-order valence-electron chi connectivity index (χ3n) is 3.50. The standard InChI is InChI=1S/C17H12Cl2O3/c1-21-12-5-2-10(3-6-12)17-14(9-20)16(19)13-8-11(18)4-7-15(13)22-17/h2-9,17H,1H3. The molecule has 22 heavy (non-hydrogen) atoms. The molecule has 0 saturated carbocycles. The molecule has 112 valence electrons. The van der Waals surface area contributed by atoms with Gasteiger partial charge in [0.1, 0.15) is 11.5 Å². The number of rotatable bonds is 3. The van der Waals surface area contributed by atoms with Gasteiger partial charge >= 0.3 is 0 Å². The van der Waals surface area contributed by atoms with Crippen molar-refractivity contribution in [2.75, 3.05) is 7.11 Å². The molecule has 5 heteroatoms. The molecule has 0 radical (unpaired) electrons. The summed E-state index contributed by atoms with van der Waals surface area (Å²) in [6.45, 7) is 0. The monoisotopic (exact) mass is 334 g/mol. The zero-order valence-corrected chi connectivity index (χ0v) is 13.2. The predicted molar refractivity (Wildman–Crippen MR) is 86.7 cm³/mol. The van der Waals surface area contributed by atoms with Crippen molar-refractivity contribution >= 4 is 34.5 Å². The summed E-state index contributed by atoms with van der Waals surface area (Å²) in [5.74, 6) is 1.33. The Morgan fingerprint density at radius 1 is 1.14 bits per heavy atom. The number of benzene rings is 2. The van der Waals surface area contributed by atoms with Crippen LogP contribution in [0.25, 0.3) is 5.03 Å². The number of carbonyl (C=O) groups is 1. The van der Waals surface area contributed by atoms with Gasteiger partial charge < -0.3 is 9.47 Å². The molecule has 1 unspecified atom stereocenters. The van der Waals surface area contributed by atoms with E-state index in [2.05, 4.69) is 0 Å².